The lowest BCUT2D eigenvalue weighted by Gasteiger charge is -2.19. The Bertz CT molecular complexity index is 798. The van der Waals surface area contributed by atoms with Crippen LogP contribution in [-0.2, 0) is 11.0 Å². The van der Waals surface area contributed by atoms with Crippen molar-refractivity contribution in [1.82, 2.24) is 4.98 Å². The Hall–Kier alpha value is -2.52. The van der Waals surface area contributed by atoms with E-state index < -0.39 is 29.9 Å². The number of aliphatic hydroxyl groups excluding tert-OH is 1. The van der Waals surface area contributed by atoms with Gasteiger partial charge in [-0.3, -0.25) is 0 Å². The summed E-state index contributed by atoms with van der Waals surface area (Å²) >= 11 is 5.77. The van der Waals surface area contributed by atoms with Gasteiger partial charge in [0.1, 0.15) is 22.6 Å². The molecule has 2 aromatic rings. The van der Waals surface area contributed by atoms with Crippen molar-refractivity contribution in [3.05, 3.63) is 47.1 Å². The molecule has 2 unspecified atom stereocenters. The smallest absolute Gasteiger partial charge is 0.417 e. The van der Waals surface area contributed by atoms with Gasteiger partial charge in [0.2, 0.25) is 12.0 Å². The number of rotatable bonds is 7. The average molecular weight is 406 g/mol. The van der Waals surface area contributed by atoms with Crippen LogP contribution < -0.4 is 9.47 Å². The molecular formula is C17H15ClF3NO5. The molecule has 0 spiro atoms. The highest BCUT2D eigenvalue weighted by Crippen LogP contribution is 2.34. The minimum Gasteiger partial charge on any atom is -0.478 e. The fourth-order valence-corrected chi connectivity index (χ4v) is 2.21. The first-order valence-electron chi connectivity index (χ1n) is 7.70. The van der Waals surface area contributed by atoms with Gasteiger partial charge in [-0.05, 0) is 36.8 Å². The maximum atomic E-state index is 12.6. The van der Waals surface area contributed by atoms with Crippen molar-refractivity contribution in [2.24, 2.45) is 0 Å². The molecule has 0 aliphatic heterocycles. The SMILES string of the molecule is CCC(O)C(Oc1ccc(Oc2ncc(C(F)(F)F)cc2Cl)cc1)C(=O)O. The Kier molecular flexibility index (Phi) is 6.50. The highest BCUT2D eigenvalue weighted by molar-refractivity contribution is 6.31. The Labute approximate surface area is 157 Å². The molecule has 0 saturated heterocycles. The second-order valence-corrected chi connectivity index (χ2v) is 5.84. The van der Waals surface area contributed by atoms with Crippen molar-refractivity contribution in [3.8, 4) is 17.4 Å². The van der Waals surface area contributed by atoms with Crippen LogP contribution in [0, 0.1) is 0 Å². The number of ether oxygens (including phenoxy) is 2. The summed E-state index contributed by atoms with van der Waals surface area (Å²) in [4.78, 5) is 14.7. The molecule has 2 atom stereocenters. The van der Waals surface area contributed by atoms with E-state index in [1.54, 1.807) is 6.92 Å². The van der Waals surface area contributed by atoms with Gasteiger partial charge in [-0.25, -0.2) is 9.78 Å². The molecular weight excluding hydrogens is 391 g/mol. The highest BCUT2D eigenvalue weighted by atomic mass is 35.5. The molecule has 0 aliphatic rings. The van der Waals surface area contributed by atoms with E-state index in [9.17, 15) is 23.1 Å². The predicted octanol–water partition coefficient (Wildman–Crippen LogP) is 4.15. The molecule has 27 heavy (non-hydrogen) atoms. The number of benzene rings is 1. The second kappa shape index (κ2) is 8.45. The van der Waals surface area contributed by atoms with E-state index in [2.05, 4.69) is 4.98 Å². The quantitative estimate of drug-likeness (QED) is 0.719. The Morgan fingerprint density at radius 1 is 1.26 bits per heavy atom. The normalized spacial score (nSPS) is 13.7. The number of carboxylic acid groups (broad SMARTS) is 1. The molecule has 146 valence electrons. The number of nitrogens with zero attached hydrogens (tertiary/aromatic N) is 1. The first-order chi connectivity index (χ1) is 12.6. The van der Waals surface area contributed by atoms with Crippen molar-refractivity contribution in [3.63, 3.8) is 0 Å². The van der Waals surface area contributed by atoms with Crippen LogP contribution in [0.3, 0.4) is 0 Å². The largest absolute Gasteiger partial charge is 0.478 e. The number of aliphatic carboxylic acids is 1. The number of pyridine rings is 1. The molecule has 2 N–H and O–H groups in total. The number of alkyl halides is 3. The van der Waals surface area contributed by atoms with E-state index in [1.807, 2.05) is 0 Å². The molecule has 0 aliphatic carbocycles. The number of hydrogen-bond donors (Lipinski definition) is 2. The molecule has 0 amide bonds. The first kappa shape index (κ1) is 20.8. The van der Waals surface area contributed by atoms with Crippen molar-refractivity contribution in [2.45, 2.75) is 31.7 Å². The predicted molar refractivity (Wildman–Crippen MR) is 89.1 cm³/mol. The molecule has 0 bridgehead atoms. The first-order valence-corrected chi connectivity index (χ1v) is 8.07. The lowest BCUT2D eigenvalue weighted by atomic mass is 10.1. The second-order valence-electron chi connectivity index (χ2n) is 5.43. The lowest BCUT2D eigenvalue weighted by Crippen LogP contribution is -2.38. The third-order valence-electron chi connectivity index (χ3n) is 3.45. The van der Waals surface area contributed by atoms with Crippen LogP contribution in [0.4, 0.5) is 13.2 Å². The molecule has 0 radical (unpaired) electrons. The van der Waals surface area contributed by atoms with Crippen molar-refractivity contribution in [1.29, 1.82) is 0 Å². The van der Waals surface area contributed by atoms with Crippen LogP contribution in [0.25, 0.3) is 0 Å². The van der Waals surface area contributed by atoms with Gasteiger partial charge in [0, 0.05) is 6.20 Å². The summed E-state index contributed by atoms with van der Waals surface area (Å²) in [6.45, 7) is 1.61. The van der Waals surface area contributed by atoms with E-state index >= 15 is 0 Å². The molecule has 2 rings (SSSR count). The van der Waals surface area contributed by atoms with Crippen molar-refractivity contribution < 1.29 is 37.7 Å². The zero-order valence-electron chi connectivity index (χ0n) is 13.9. The highest BCUT2D eigenvalue weighted by Gasteiger charge is 2.32. The number of hydrogen-bond acceptors (Lipinski definition) is 5. The van der Waals surface area contributed by atoms with Crippen LogP contribution in [-0.4, -0.2) is 33.4 Å². The van der Waals surface area contributed by atoms with Crippen LogP contribution in [0.1, 0.15) is 18.9 Å². The van der Waals surface area contributed by atoms with Crippen LogP contribution in [0.5, 0.6) is 17.4 Å². The Morgan fingerprint density at radius 2 is 1.85 bits per heavy atom. The Morgan fingerprint density at radius 3 is 2.33 bits per heavy atom. The minimum atomic E-state index is -4.57. The molecule has 1 heterocycles. The van der Waals surface area contributed by atoms with Gasteiger partial charge < -0.3 is 19.7 Å². The molecule has 10 heteroatoms. The number of aromatic nitrogens is 1. The molecule has 0 fully saturated rings. The van der Waals surface area contributed by atoms with Crippen LogP contribution >= 0.6 is 11.6 Å². The summed E-state index contributed by atoms with van der Waals surface area (Å²) in [6.07, 6.45) is -6.41. The minimum absolute atomic E-state index is 0.161. The molecule has 6 nitrogen and oxygen atoms in total. The van der Waals surface area contributed by atoms with Gasteiger partial charge in [-0.1, -0.05) is 18.5 Å². The van der Waals surface area contributed by atoms with E-state index in [4.69, 9.17) is 26.2 Å². The number of carbonyl (C=O) groups is 1. The van der Waals surface area contributed by atoms with Crippen LogP contribution in [0.15, 0.2) is 36.5 Å². The maximum absolute atomic E-state index is 12.6. The van der Waals surface area contributed by atoms with E-state index in [1.165, 1.54) is 24.3 Å². The summed E-state index contributed by atoms with van der Waals surface area (Å²) < 4.78 is 48.4. The summed E-state index contributed by atoms with van der Waals surface area (Å²) in [7, 11) is 0. The lowest BCUT2D eigenvalue weighted by molar-refractivity contribution is -0.150. The fraction of sp³-hybridized carbons (Fsp3) is 0.294. The summed E-state index contributed by atoms with van der Waals surface area (Å²) in [5.74, 6) is -1.18. The monoisotopic (exact) mass is 405 g/mol. The maximum Gasteiger partial charge on any atom is 0.417 e. The van der Waals surface area contributed by atoms with Crippen molar-refractivity contribution >= 4 is 17.6 Å². The van der Waals surface area contributed by atoms with Gasteiger partial charge in [-0.15, -0.1) is 0 Å². The topological polar surface area (TPSA) is 88.9 Å². The van der Waals surface area contributed by atoms with Gasteiger partial charge in [0.15, 0.2) is 0 Å². The Balaban J connectivity index is 2.11. The third-order valence-corrected chi connectivity index (χ3v) is 3.72. The molecule has 0 saturated carbocycles. The third kappa shape index (κ3) is 5.48. The molecule has 1 aromatic heterocycles. The van der Waals surface area contributed by atoms with E-state index in [0.717, 1.165) is 0 Å². The average Bonchev–Trinajstić information content (AvgIpc) is 2.61. The van der Waals surface area contributed by atoms with Gasteiger partial charge >= 0.3 is 12.1 Å². The van der Waals surface area contributed by atoms with Crippen LogP contribution in [0.2, 0.25) is 5.02 Å². The van der Waals surface area contributed by atoms with E-state index in [-0.39, 0.29) is 28.8 Å². The van der Waals surface area contributed by atoms with Crippen molar-refractivity contribution in [2.75, 3.05) is 0 Å². The van der Waals surface area contributed by atoms with E-state index in [0.29, 0.717) is 12.3 Å². The zero-order valence-corrected chi connectivity index (χ0v) is 14.7. The number of carboxylic acids is 1. The van der Waals surface area contributed by atoms with Gasteiger partial charge in [0.05, 0.1) is 5.56 Å². The number of halogens is 4. The molecule has 1 aromatic carbocycles. The van der Waals surface area contributed by atoms with Gasteiger partial charge in [0.25, 0.3) is 0 Å². The number of aliphatic hydroxyl groups is 1. The summed E-state index contributed by atoms with van der Waals surface area (Å²) in [5, 5.41) is 18.4. The standard InChI is InChI=1S/C17H15ClF3NO5/c1-2-13(23)14(16(24)25)26-10-3-5-11(6-4-10)27-15-12(18)7-9(8-22-15)17(19,20)21/h3-8,13-14,23H,2H2,1H3,(H,24,25). The fourth-order valence-electron chi connectivity index (χ4n) is 2.01. The van der Waals surface area contributed by atoms with Gasteiger partial charge in [-0.2, -0.15) is 13.2 Å². The summed E-state index contributed by atoms with van der Waals surface area (Å²) in [6, 6.07) is 6.24. The zero-order chi connectivity index (χ0) is 20.2. The summed E-state index contributed by atoms with van der Waals surface area (Å²) in [5.41, 5.74) is -1.00.